The van der Waals surface area contributed by atoms with E-state index >= 15 is 0 Å². The van der Waals surface area contributed by atoms with Gasteiger partial charge >= 0.3 is 12.2 Å². The number of halogens is 3. The second-order valence-electron chi connectivity index (χ2n) is 9.08. The summed E-state index contributed by atoms with van der Waals surface area (Å²) in [7, 11) is 2.81. The van der Waals surface area contributed by atoms with Crippen molar-refractivity contribution in [3.63, 3.8) is 0 Å². The van der Waals surface area contributed by atoms with E-state index in [1.54, 1.807) is 13.3 Å². The van der Waals surface area contributed by atoms with E-state index in [0.29, 0.717) is 55.4 Å². The summed E-state index contributed by atoms with van der Waals surface area (Å²) in [4.78, 5) is 41.3. The summed E-state index contributed by atoms with van der Waals surface area (Å²) in [5.74, 6) is 0.673. The molecule has 2 N–H and O–H groups in total. The Bertz CT molecular complexity index is 1370. The van der Waals surface area contributed by atoms with Crippen LogP contribution in [0.3, 0.4) is 0 Å². The largest absolute Gasteiger partial charge is 0.417 e. The summed E-state index contributed by atoms with van der Waals surface area (Å²) in [6.07, 6.45) is -2.08. The number of aromatic amines is 1. The molecule has 14 heteroatoms. The second-order valence-corrected chi connectivity index (χ2v) is 9.08. The van der Waals surface area contributed by atoms with Gasteiger partial charge in [-0.15, -0.1) is 0 Å². The molecular weight excluding hydrogens is 495 g/mol. The molecule has 198 valence electrons. The van der Waals surface area contributed by atoms with Crippen molar-refractivity contribution >= 4 is 28.7 Å². The molecule has 0 saturated carbocycles. The lowest BCUT2D eigenvalue weighted by Gasteiger charge is -2.46. The van der Waals surface area contributed by atoms with Crippen LogP contribution in [0.5, 0.6) is 0 Å². The molecule has 2 atom stereocenters. The highest BCUT2D eigenvalue weighted by atomic mass is 19.4. The fraction of sp³-hybridized carbons (Fsp3) is 0.478. The third kappa shape index (κ3) is 4.98. The molecule has 3 aromatic heterocycles. The van der Waals surface area contributed by atoms with Crippen molar-refractivity contribution in [1.29, 1.82) is 0 Å². The number of aryl methyl sites for hydroxylation is 1. The predicted octanol–water partition coefficient (Wildman–Crippen LogP) is 2.33. The van der Waals surface area contributed by atoms with Gasteiger partial charge in [0.15, 0.2) is 5.65 Å². The first kappa shape index (κ1) is 25.0. The highest BCUT2D eigenvalue weighted by Crippen LogP contribution is 2.30. The average molecular weight is 522 g/mol. The van der Waals surface area contributed by atoms with Crippen LogP contribution in [0.1, 0.15) is 17.7 Å². The van der Waals surface area contributed by atoms with Crippen molar-refractivity contribution in [2.24, 2.45) is 7.05 Å². The van der Waals surface area contributed by atoms with Crippen LogP contribution in [-0.2, 0) is 29.3 Å². The molecule has 2 amide bonds. The van der Waals surface area contributed by atoms with Gasteiger partial charge in [-0.05, 0) is 18.6 Å². The summed E-state index contributed by atoms with van der Waals surface area (Å²) >= 11 is 0. The lowest BCUT2D eigenvalue weighted by atomic mass is 9.98. The highest BCUT2D eigenvalue weighted by Gasteiger charge is 2.40. The molecule has 2 saturated heterocycles. The molecule has 37 heavy (non-hydrogen) atoms. The number of amides is 2. The van der Waals surface area contributed by atoms with Gasteiger partial charge < -0.3 is 34.1 Å². The minimum atomic E-state index is -4.65. The van der Waals surface area contributed by atoms with Crippen molar-refractivity contribution in [2.45, 2.75) is 31.3 Å². The number of carbonyl (C=O) groups excluding carboxylic acids is 1. The summed E-state index contributed by atoms with van der Waals surface area (Å²) in [6, 6.07) is 1.59. The number of methoxy groups -OCH3 is 1. The van der Waals surface area contributed by atoms with E-state index < -0.39 is 29.0 Å². The summed E-state index contributed by atoms with van der Waals surface area (Å²) in [5.41, 5.74) is 0.0521. The third-order valence-corrected chi connectivity index (χ3v) is 6.60. The number of nitrogens with zero attached hydrogens (tertiary/aromatic N) is 5. The fourth-order valence-corrected chi connectivity index (χ4v) is 4.83. The lowest BCUT2D eigenvalue weighted by Crippen LogP contribution is -2.61. The second kappa shape index (κ2) is 9.67. The summed E-state index contributed by atoms with van der Waals surface area (Å²) in [6.45, 7) is 1.94. The van der Waals surface area contributed by atoms with E-state index in [4.69, 9.17) is 14.5 Å². The molecule has 0 radical (unpaired) electrons. The van der Waals surface area contributed by atoms with Crippen molar-refractivity contribution in [2.75, 3.05) is 43.6 Å². The van der Waals surface area contributed by atoms with Crippen LogP contribution >= 0.6 is 0 Å². The summed E-state index contributed by atoms with van der Waals surface area (Å²) < 4.78 is 51.5. The van der Waals surface area contributed by atoms with Crippen LogP contribution in [0.15, 0.2) is 29.3 Å². The van der Waals surface area contributed by atoms with Crippen LogP contribution in [0, 0.1) is 0 Å². The molecule has 5 rings (SSSR count). The molecule has 5 heterocycles. The van der Waals surface area contributed by atoms with E-state index in [-0.39, 0.29) is 25.3 Å². The van der Waals surface area contributed by atoms with Gasteiger partial charge in [0.05, 0.1) is 37.1 Å². The van der Waals surface area contributed by atoms with Gasteiger partial charge in [0.2, 0.25) is 0 Å². The number of hydrogen-bond acceptors (Lipinski definition) is 7. The van der Waals surface area contributed by atoms with E-state index in [1.807, 2.05) is 11.0 Å². The molecule has 2 aliphatic rings. The van der Waals surface area contributed by atoms with E-state index in [0.717, 1.165) is 10.3 Å². The smallest absolute Gasteiger partial charge is 0.378 e. The minimum Gasteiger partial charge on any atom is -0.378 e. The Morgan fingerprint density at radius 1 is 1.32 bits per heavy atom. The predicted molar refractivity (Wildman–Crippen MR) is 127 cm³/mol. The quantitative estimate of drug-likeness (QED) is 0.541. The zero-order valence-corrected chi connectivity index (χ0v) is 20.2. The number of fused-ring (bicyclic) bond motifs is 2. The van der Waals surface area contributed by atoms with Crippen LogP contribution in [0.2, 0.25) is 0 Å². The standard InChI is InChI=1S/C23H26F3N7O4/c1-31-10-13(23(24,25)26)7-16(21(31)34)30-22(35)33-5-6-37-18-11-32(4-3-17(18)33)19-9-27-20-15(29-19)8-14(28-20)12-36-2/h7-10,17-18H,3-6,11-12H2,1-2H3,(H,27,28)(H,30,35)/t17-,18-/m0/s1. The topological polar surface area (TPSA) is 118 Å². The normalized spacial score (nSPS) is 20.2. The minimum absolute atomic E-state index is 0.254. The van der Waals surface area contributed by atoms with Crippen LogP contribution in [0.25, 0.3) is 11.2 Å². The molecule has 0 aromatic carbocycles. The fourth-order valence-electron chi connectivity index (χ4n) is 4.83. The number of nitrogens with one attached hydrogen (secondary N) is 2. The number of pyridine rings is 1. The van der Waals surface area contributed by atoms with Gasteiger partial charge in [-0.3, -0.25) is 4.79 Å². The lowest BCUT2D eigenvalue weighted by molar-refractivity contribution is -0.138. The molecule has 0 spiro atoms. The van der Waals surface area contributed by atoms with Crippen LogP contribution < -0.4 is 15.8 Å². The Labute approximate surface area is 209 Å². The number of H-pyrrole nitrogens is 1. The number of anilines is 2. The zero-order chi connectivity index (χ0) is 26.3. The number of piperidine rings is 1. The van der Waals surface area contributed by atoms with Gasteiger partial charge in [0, 0.05) is 45.7 Å². The Kier molecular flexibility index (Phi) is 6.54. The molecule has 0 aliphatic carbocycles. The number of rotatable bonds is 4. The van der Waals surface area contributed by atoms with Crippen molar-refractivity contribution in [1.82, 2.24) is 24.4 Å². The maximum Gasteiger partial charge on any atom is 0.417 e. The molecule has 2 fully saturated rings. The van der Waals surface area contributed by atoms with E-state index in [1.165, 1.54) is 11.9 Å². The number of alkyl halides is 3. The first-order valence-electron chi connectivity index (χ1n) is 11.7. The highest BCUT2D eigenvalue weighted by molar-refractivity contribution is 5.89. The maximum absolute atomic E-state index is 13.2. The number of urea groups is 1. The Balaban J connectivity index is 1.30. The van der Waals surface area contributed by atoms with Crippen molar-refractivity contribution in [3.05, 3.63) is 46.1 Å². The monoisotopic (exact) mass is 521 g/mol. The molecule has 11 nitrogen and oxygen atoms in total. The van der Waals surface area contributed by atoms with Gasteiger partial charge in [0.25, 0.3) is 5.56 Å². The number of aromatic nitrogens is 4. The first-order valence-corrected chi connectivity index (χ1v) is 11.7. The third-order valence-electron chi connectivity index (χ3n) is 6.60. The summed E-state index contributed by atoms with van der Waals surface area (Å²) in [5, 5.41) is 2.39. The van der Waals surface area contributed by atoms with Gasteiger partial charge in [-0.1, -0.05) is 0 Å². The van der Waals surface area contributed by atoms with Crippen molar-refractivity contribution < 1.29 is 27.4 Å². The number of morpholine rings is 1. The number of hydrogen-bond donors (Lipinski definition) is 2. The average Bonchev–Trinajstić information content (AvgIpc) is 3.27. The van der Waals surface area contributed by atoms with Gasteiger partial charge in [0.1, 0.15) is 17.0 Å². The Morgan fingerprint density at radius 2 is 2.14 bits per heavy atom. The van der Waals surface area contributed by atoms with Gasteiger partial charge in [-0.2, -0.15) is 13.2 Å². The molecule has 2 aliphatic heterocycles. The van der Waals surface area contributed by atoms with Crippen molar-refractivity contribution in [3.8, 4) is 0 Å². The van der Waals surface area contributed by atoms with E-state index in [9.17, 15) is 22.8 Å². The molecule has 0 bridgehead atoms. The number of ether oxygens (including phenoxy) is 2. The van der Waals surface area contributed by atoms with E-state index in [2.05, 4.69) is 15.3 Å². The first-order chi connectivity index (χ1) is 17.6. The molecular formula is C23H26F3N7O4. The van der Waals surface area contributed by atoms with Gasteiger partial charge in [-0.25, -0.2) is 14.8 Å². The Hall–Kier alpha value is -3.65. The maximum atomic E-state index is 13.2. The van der Waals surface area contributed by atoms with Crippen LogP contribution in [-0.4, -0.2) is 75.9 Å². The van der Waals surface area contributed by atoms with Crippen LogP contribution in [0.4, 0.5) is 29.5 Å². The zero-order valence-electron chi connectivity index (χ0n) is 20.2. The molecule has 0 unspecified atom stereocenters. The number of carbonyl (C=O) groups is 1. The molecule has 3 aromatic rings. The SMILES string of the molecule is COCc1cc2nc(N3CC[C@H]4[C@H](C3)OCCN4C(=O)Nc3cc(C(F)(F)F)cn(C)c3=O)cnc2[nH]1. The Morgan fingerprint density at radius 3 is 2.89 bits per heavy atom.